The van der Waals surface area contributed by atoms with Gasteiger partial charge in [0.15, 0.2) is 0 Å². The summed E-state index contributed by atoms with van der Waals surface area (Å²) in [5.41, 5.74) is 1.60. The van der Waals surface area contributed by atoms with Crippen LogP contribution in [0.2, 0.25) is 0 Å². The van der Waals surface area contributed by atoms with Crippen LogP contribution in [0, 0.1) is 0 Å². The molecule has 30 heavy (non-hydrogen) atoms. The first kappa shape index (κ1) is 22.4. The summed E-state index contributed by atoms with van der Waals surface area (Å²) in [5, 5.41) is 11.6. The number of hydrogen-bond donors (Lipinski definition) is 1. The van der Waals surface area contributed by atoms with Crippen LogP contribution in [0.15, 0.2) is 68.7 Å². The molecular formula is C22H24BrN3O3S. The number of amides is 1. The van der Waals surface area contributed by atoms with Gasteiger partial charge in [0.2, 0.25) is 5.89 Å². The Balaban J connectivity index is 1.70. The fraction of sp³-hybridized carbons (Fsp3) is 0.318. The molecule has 0 saturated heterocycles. The zero-order valence-corrected chi connectivity index (χ0v) is 19.5. The van der Waals surface area contributed by atoms with E-state index in [1.54, 1.807) is 0 Å². The molecule has 1 N–H and O–H groups in total. The van der Waals surface area contributed by atoms with Crippen LogP contribution in [0.3, 0.4) is 0 Å². The fourth-order valence-electron chi connectivity index (χ4n) is 2.64. The van der Waals surface area contributed by atoms with Crippen molar-refractivity contribution in [3.05, 3.63) is 76.1 Å². The van der Waals surface area contributed by atoms with Crippen LogP contribution in [-0.2, 0) is 16.9 Å². The van der Waals surface area contributed by atoms with Gasteiger partial charge in [0.25, 0.3) is 5.22 Å². The average Bonchev–Trinajstić information content (AvgIpc) is 3.15. The van der Waals surface area contributed by atoms with E-state index in [4.69, 9.17) is 9.15 Å². The second kappa shape index (κ2) is 10.1. The van der Waals surface area contributed by atoms with Gasteiger partial charge in [-0.3, -0.25) is 0 Å². The summed E-state index contributed by atoms with van der Waals surface area (Å²) in [7, 11) is 0. The van der Waals surface area contributed by atoms with Crippen molar-refractivity contribution in [3.63, 3.8) is 0 Å². The number of carbonyl (C=O) groups excluding carboxylic acids is 1. The molecule has 0 fully saturated rings. The number of benzene rings is 2. The van der Waals surface area contributed by atoms with E-state index in [-0.39, 0.29) is 0 Å². The monoisotopic (exact) mass is 489 g/mol. The minimum absolute atomic E-state index is 0.350. The van der Waals surface area contributed by atoms with Gasteiger partial charge >= 0.3 is 6.09 Å². The van der Waals surface area contributed by atoms with Crippen LogP contribution in [0.1, 0.15) is 43.8 Å². The number of aromatic nitrogens is 2. The molecule has 1 atom stereocenters. The number of ether oxygens (including phenoxy) is 1. The van der Waals surface area contributed by atoms with Gasteiger partial charge < -0.3 is 14.5 Å². The molecule has 1 aromatic heterocycles. The van der Waals surface area contributed by atoms with Gasteiger partial charge in [0.05, 0.1) is 0 Å². The largest absolute Gasteiger partial charge is 0.444 e. The van der Waals surface area contributed by atoms with E-state index in [1.165, 1.54) is 11.8 Å². The van der Waals surface area contributed by atoms with Crippen LogP contribution in [0.25, 0.3) is 0 Å². The summed E-state index contributed by atoms with van der Waals surface area (Å²) in [5.74, 6) is 1.06. The maximum atomic E-state index is 12.3. The number of halogens is 1. The van der Waals surface area contributed by atoms with Crippen LogP contribution >= 0.6 is 27.7 Å². The number of thioether (sulfide) groups is 1. The maximum Gasteiger partial charge on any atom is 0.408 e. The van der Waals surface area contributed by atoms with Crippen molar-refractivity contribution in [1.82, 2.24) is 15.5 Å². The smallest absolute Gasteiger partial charge is 0.408 e. The summed E-state index contributed by atoms with van der Waals surface area (Å²) >= 11 is 4.89. The zero-order valence-electron chi connectivity index (χ0n) is 17.1. The van der Waals surface area contributed by atoms with Crippen molar-refractivity contribution in [2.24, 2.45) is 0 Å². The number of carbonyl (C=O) groups is 1. The molecular weight excluding hydrogens is 466 g/mol. The van der Waals surface area contributed by atoms with Gasteiger partial charge in [0, 0.05) is 16.6 Å². The first-order chi connectivity index (χ1) is 14.3. The van der Waals surface area contributed by atoms with Crippen molar-refractivity contribution in [1.29, 1.82) is 0 Å². The highest BCUT2D eigenvalue weighted by Crippen LogP contribution is 2.26. The molecule has 0 bridgehead atoms. The third-order valence-corrected chi connectivity index (χ3v) is 5.39. The second-order valence-electron chi connectivity index (χ2n) is 7.71. The lowest BCUT2D eigenvalue weighted by Gasteiger charge is -2.22. The highest BCUT2D eigenvalue weighted by Gasteiger charge is 2.25. The molecule has 0 unspecified atom stereocenters. The molecule has 0 aliphatic rings. The SMILES string of the molecule is CC(C)(C)OC(=O)N[C@@H](Cc1ccccc1)c1nnc(SCc2ccc(Br)cc2)o1. The van der Waals surface area contributed by atoms with Gasteiger partial charge in [-0.25, -0.2) is 4.79 Å². The van der Waals surface area contributed by atoms with Gasteiger partial charge in [-0.05, 0) is 44.0 Å². The number of alkyl carbamates (subject to hydrolysis) is 1. The third-order valence-electron chi connectivity index (χ3n) is 3.97. The molecule has 0 spiro atoms. The number of nitrogens with one attached hydrogen (secondary N) is 1. The standard InChI is InChI=1S/C22H24BrN3O3S/c1-22(2,3)29-20(27)24-18(13-15-7-5-4-6-8-15)19-25-26-21(28-19)30-14-16-9-11-17(23)12-10-16/h4-12,18H,13-14H2,1-3H3,(H,24,27)/t18-/m0/s1. The summed E-state index contributed by atoms with van der Waals surface area (Å²) in [4.78, 5) is 12.3. The molecule has 3 aromatic rings. The lowest BCUT2D eigenvalue weighted by atomic mass is 10.1. The number of nitrogens with zero attached hydrogens (tertiary/aromatic N) is 2. The Kier molecular flexibility index (Phi) is 7.55. The third kappa shape index (κ3) is 7.18. The van der Waals surface area contributed by atoms with Crippen LogP contribution in [0.4, 0.5) is 4.79 Å². The molecule has 1 heterocycles. The van der Waals surface area contributed by atoms with Gasteiger partial charge in [-0.2, -0.15) is 0 Å². The van der Waals surface area contributed by atoms with E-state index >= 15 is 0 Å². The minimum atomic E-state index is -0.595. The molecule has 6 nitrogen and oxygen atoms in total. The molecule has 0 radical (unpaired) electrons. The number of hydrogen-bond acceptors (Lipinski definition) is 6. The highest BCUT2D eigenvalue weighted by atomic mass is 79.9. The van der Waals surface area contributed by atoms with Crippen molar-refractivity contribution in [3.8, 4) is 0 Å². The number of rotatable bonds is 7. The Morgan fingerprint density at radius 1 is 1.10 bits per heavy atom. The molecule has 0 aliphatic heterocycles. The molecule has 158 valence electrons. The molecule has 0 saturated carbocycles. The summed E-state index contributed by atoms with van der Waals surface area (Å²) < 4.78 is 12.3. The Bertz CT molecular complexity index is 956. The molecule has 8 heteroatoms. The zero-order chi connectivity index (χ0) is 21.6. The summed E-state index contributed by atoms with van der Waals surface area (Å²) in [6, 6.07) is 17.4. The minimum Gasteiger partial charge on any atom is -0.444 e. The lowest BCUT2D eigenvalue weighted by molar-refractivity contribution is 0.0494. The normalized spacial score (nSPS) is 12.4. The van der Waals surface area contributed by atoms with E-state index < -0.39 is 17.7 Å². The van der Waals surface area contributed by atoms with E-state index in [0.717, 1.165) is 15.6 Å². The highest BCUT2D eigenvalue weighted by molar-refractivity contribution is 9.10. The van der Waals surface area contributed by atoms with E-state index in [1.807, 2.05) is 75.4 Å². The Hall–Kier alpha value is -2.32. The predicted octanol–water partition coefficient (Wildman–Crippen LogP) is 5.93. The summed E-state index contributed by atoms with van der Waals surface area (Å²) in [6.45, 7) is 5.47. The average molecular weight is 490 g/mol. The van der Waals surface area contributed by atoms with Crippen LogP contribution in [0.5, 0.6) is 0 Å². The van der Waals surface area contributed by atoms with Gasteiger partial charge in [0.1, 0.15) is 11.6 Å². The van der Waals surface area contributed by atoms with Crippen molar-refractivity contribution in [2.45, 2.75) is 49.8 Å². The molecule has 0 aliphatic carbocycles. The Morgan fingerprint density at radius 2 is 1.80 bits per heavy atom. The van der Waals surface area contributed by atoms with Crippen molar-refractivity contribution < 1.29 is 13.9 Å². The van der Waals surface area contributed by atoms with Gasteiger partial charge in [-0.1, -0.05) is 70.2 Å². The first-order valence-corrected chi connectivity index (χ1v) is 11.3. The quantitative estimate of drug-likeness (QED) is 0.414. The second-order valence-corrected chi connectivity index (χ2v) is 9.55. The van der Waals surface area contributed by atoms with Gasteiger partial charge in [-0.15, -0.1) is 10.2 Å². The molecule has 3 rings (SSSR count). The molecule has 1 amide bonds. The maximum absolute atomic E-state index is 12.3. The topological polar surface area (TPSA) is 77.2 Å². The van der Waals surface area contributed by atoms with Crippen LogP contribution < -0.4 is 5.32 Å². The predicted molar refractivity (Wildman–Crippen MR) is 120 cm³/mol. The Morgan fingerprint density at radius 3 is 2.47 bits per heavy atom. The molecule has 2 aromatic carbocycles. The van der Waals surface area contributed by atoms with E-state index in [9.17, 15) is 4.79 Å². The van der Waals surface area contributed by atoms with Crippen molar-refractivity contribution in [2.75, 3.05) is 0 Å². The van der Waals surface area contributed by atoms with Crippen LogP contribution in [-0.4, -0.2) is 21.9 Å². The summed E-state index contributed by atoms with van der Waals surface area (Å²) in [6.07, 6.45) is -0.00951. The fourth-order valence-corrected chi connectivity index (χ4v) is 3.63. The first-order valence-electron chi connectivity index (χ1n) is 9.52. The van der Waals surface area contributed by atoms with E-state index in [2.05, 4.69) is 31.4 Å². The van der Waals surface area contributed by atoms with E-state index in [0.29, 0.717) is 23.3 Å². The lowest BCUT2D eigenvalue weighted by Crippen LogP contribution is -2.36. The Labute approximate surface area is 188 Å². The van der Waals surface area contributed by atoms with Crippen molar-refractivity contribution >= 4 is 33.8 Å².